The van der Waals surface area contributed by atoms with Crippen LogP contribution in [0.5, 0.6) is 0 Å². The number of nitrogens with two attached hydrogens (primary N) is 1. The summed E-state index contributed by atoms with van der Waals surface area (Å²) in [7, 11) is 0. The maximum Gasteiger partial charge on any atom is 0.0280 e. The van der Waals surface area contributed by atoms with Crippen molar-refractivity contribution in [1.29, 1.82) is 0 Å². The minimum atomic E-state index is 0.626. The predicted octanol–water partition coefficient (Wildman–Crippen LogP) is 3.18. The molecule has 2 heteroatoms. The van der Waals surface area contributed by atoms with E-state index in [9.17, 15) is 0 Å². The summed E-state index contributed by atoms with van der Waals surface area (Å²) in [4.78, 5) is 1.26. The Morgan fingerprint density at radius 2 is 1.93 bits per heavy atom. The Balaban J connectivity index is 2.54. The lowest BCUT2D eigenvalue weighted by atomic mass is 10.0. The molecule has 14 heavy (non-hydrogen) atoms. The average molecular weight is 203 g/mol. The van der Waals surface area contributed by atoms with Gasteiger partial charge >= 0.3 is 0 Å². The number of aryl methyl sites for hydroxylation is 1. The van der Waals surface area contributed by atoms with E-state index in [-0.39, 0.29) is 0 Å². The van der Waals surface area contributed by atoms with Crippen LogP contribution in [0.4, 0.5) is 0 Å². The Morgan fingerprint density at radius 1 is 1.14 bits per heavy atom. The summed E-state index contributed by atoms with van der Waals surface area (Å²) >= 11 is 1.73. The summed E-state index contributed by atoms with van der Waals surface area (Å²) in [6.07, 6.45) is 0. The van der Waals surface area contributed by atoms with Gasteiger partial charge in [-0.25, -0.2) is 0 Å². The molecule has 1 nitrogen and oxygen atoms in total. The molecule has 0 spiro atoms. The van der Waals surface area contributed by atoms with Crippen LogP contribution >= 0.6 is 11.3 Å². The Morgan fingerprint density at radius 3 is 2.64 bits per heavy atom. The van der Waals surface area contributed by atoms with Crippen LogP contribution in [0.2, 0.25) is 0 Å². The van der Waals surface area contributed by atoms with Crippen LogP contribution in [0.25, 0.3) is 11.1 Å². The number of rotatable bonds is 2. The third-order valence-corrected chi connectivity index (χ3v) is 3.31. The van der Waals surface area contributed by atoms with Crippen molar-refractivity contribution in [2.45, 2.75) is 13.5 Å². The average Bonchev–Trinajstić information content (AvgIpc) is 2.66. The Labute approximate surface area is 88.2 Å². The van der Waals surface area contributed by atoms with Gasteiger partial charge in [0.05, 0.1) is 0 Å². The molecule has 2 N–H and O–H groups in total. The number of hydrogen-bond acceptors (Lipinski definition) is 2. The van der Waals surface area contributed by atoms with Gasteiger partial charge in [-0.1, -0.05) is 24.3 Å². The van der Waals surface area contributed by atoms with Crippen LogP contribution < -0.4 is 5.73 Å². The van der Waals surface area contributed by atoms with E-state index in [0.717, 1.165) is 0 Å². The first-order valence-electron chi connectivity index (χ1n) is 4.65. The summed E-state index contributed by atoms with van der Waals surface area (Å²) in [6.45, 7) is 2.76. The second kappa shape index (κ2) is 3.95. The Hall–Kier alpha value is -1.12. The van der Waals surface area contributed by atoms with Gasteiger partial charge in [-0.05, 0) is 35.1 Å². The molecule has 0 aliphatic heterocycles. The molecule has 1 aromatic carbocycles. The molecule has 0 atom stereocenters. The summed E-state index contributed by atoms with van der Waals surface area (Å²) in [6, 6.07) is 10.6. The van der Waals surface area contributed by atoms with Crippen molar-refractivity contribution in [3.8, 4) is 11.1 Å². The maximum atomic E-state index is 5.69. The predicted molar refractivity (Wildman–Crippen MR) is 62.4 cm³/mol. The fourth-order valence-electron chi connectivity index (χ4n) is 1.61. The number of hydrogen-bond donors (Lipinski definition) is 1. The molecule has 2 rings (SSSR count). The van der Waals surface area contributed by atoms with Gasteiger partial charge in [0.1, 0.15) is 0 Å². The smallest absolute Gasteiger partial charge is 0.0280 e. The van der Waals surface area contributed by atoms with E-state index in [4.69, 9.17) is 5.73 Å². The van der Waals surface area contributed by atoms with E-state index in [1.54, 1.807) is 11.3 Å². The van der Waals surface area contributed by atoms with E-state index < -0.39 is 0 Å². The van der Waals surface area contributed by atoms with E-state index >= 15 is 0 Å². The highest BCUT2D eigenvalue weighted by Crippen LogP contribution is 2.29. The van der Waals surface area contributed by atoms with Crippen molar-refractivity contribution >= 4 is 11.3 Å². The molecular weight excluding hydrogens is 190 g/mol. The summed E-state index contributed by atoms with van der Waals surface area (Å²) in [5.41, 5.74) is 9.59. The third-order valence-electron chi connectivity index (χ3n) is 2.37. The summed E-state index contributed by atoms with van der Waals surface area (Å²) in [5, 5.41) is 2.10. The Bertz CT molecular complexity index is 431. The lowest BCUT2D eigenvalue weighted by Gasteiger charge is -2.05. The van der Waals surface area contributed by atoms with Crippen molar-refractivity contribution in [3.63, 3.8) is 0 Å². The van der Waals surface area contributed by atoms with Gasteiger partial charge in [-0.3, -0.25) is 0 Å². The lowest BCUT2D eigenvalue weighted by Crippen LogP contribution is -1.95. The van der Waals surface area contributed by atoms with Gasteiger partial charge in [0, 0.05) is 11.4 Å². The van der Waals surface area contributed by atoms with E-state index in [2.05, 4.69) is 42.6 Å². The summed E-state index contributed by atoms with van der Waals surface area (Å²) < 4.78 is 0. The normalized spacial score (nSPS) is 10.4. The molecule has 0 bridgehead atoms. The van der Waals surface area contributed by atoms with E-state index in [0.29, 0.717) is 6.54 Å². The second-order valence-corrected chi connectivity index (χ2v) is 4.28. The molecule has 0 aliphatic carbocycles. The number of benzene rings is 1. The number of thiophene rings is 1. The van der Waals surface area contributed by atoms with Crippen molar-refractivity contribution in [1.82, 2.24) is 0 Å². The van der Waals surface area contributed by atoms with Gasteiger partial charge < -0.3 is 5.73 Å². The van der Waals surface area contributed by atoms with Crippen LogP contribution in [-0.4, -0.2) is 0 Å². The molecule has 0 fully saturated rings. The fourth-order valence-corrected chi connectivity index (χ4v) is 2.38. The van der Waals surface area contributed by atoms with Gasteiger partial charge in [-0.15, -0.1) is 11.3 Å². The molecule has 1 aromatic heterocycles. The lowest BCUT2D eigenvalue weighted by molar-refractivity contribution is 1.11. The molecule has 0 saturated heterocycles. The zero-order chi connectivity index (χ0) is 9.97. The van der Waals surface area contributed by atoms with Gasteiger partial charge in [-0.2, -0.15) is 0 Å². The highest BCUT2D eigenvalue weighted by Gasteiger charge is 2.06. The maximum absolute atomic E-state index is 5.69. The fraction of sp³-hybridized carbons (Fsp3) is 0.167. The van der Waals surface area contributed by atoms with Gasteiger partial charge in [0.15, 0.2) is 0 Å². The molecule has 0 saturated carbocycles. The Kier molecular flexibility index (Phi) is 2.66. The van der Waals surface area contributed by atoms with E-state index in [1.807, 2.05) is 0 Å². The zero-order valence-corrected chi connectivity index (χ0v) is 8.97. The zero-order valence-electron chi connectivity index (χ0n) is 8.16. The minimum Gasteiger partial charge on any atom is -0.326 e. The van der Waals surface area contributed by atoms with Crippen LogP contribution in [0.1, 0.15) is 10.4 Å². The van der Waals surface area contributed by atoms with Gasteiger partial charge in [0.2, 0.25) is 0 Å². The molecule has 72 valence electrons. The molecule has 0 radical (unpaired) electrons. The first-order valence-corrected chi connectivity index (χ1v) is 5.53. The third kappa shape index (κ3) is 1.59. The van der Waals surface area contributed by atoms with Crippen LogP contribution in [0.15, 0.2) is 35.7 Å². The molecule has 2 aromatic rings. The first-order chi connectivity index (χ1) is 6.83. The van der Waals surface area contributed by atoms with Gasteiger partial charge in [0.25, 0.3) is 0 Å². The molecular formula is C12H13NS. The topological polar surface area (TPSA) is 26.0 Å². The van der Waals surface area contributed by atoms with Crippen LogP contribution in [0, 0.1) is 6.92 Å². The minimum absolute atomic E-state index is 0.626. The van der Waals surface area contributed by atoms with Crippen molar-refractivity contribution < 1.29 is 0 Å². The molecule has 0 unspecified atom stereocenters. The quantitative estimate of drug-likeness (QED) is 0.797. The van der Waals surface area contributed by atoms with Crippen LogP contribution in [0.3, 0.4) is 0 Å². The van der Waals surface area contributed by atoms with Crippen molar-refractivity contribution in [2.24, 2.45) is 5.73 Å². The highest BCUT2D eigenvalue weighted by atomic mass is 32.1. The van der Waals surface area contributed by atoms with Crippen molar-refractivity contribution in [2.75, 3.05) is 0 Å². The second-order valence-electron chi connectivity index (χ2n) is 3.28. The molecule has 1 heterocycles. The van der Waals surface area contributed by atoms with E-state index in [1.165, 1.54) is 21.6 Å². The van der Waals surface area contributed by atoms with Crippen molar-refractivity contribution in [3.05, 3.63) is 46.2 Å². The van der Waals surface area contributed by atoms with Crippen LogP contribution in [-0.2, 0) is 6.54 Å². The highest BCUT2D eigenvalue weighted by molar-refractivity contribution is 7.10. The standard InChI is InChI=1S/C12H13NS/c1-9-4-2-3-5-10(9)11-6-7-14-12(11)8-13/h2-7H,8,13H2,1H3. The SMILES string of the molecule is Cc1ccccc1-c1ccsc1CN. The summed E-state index contributed by atoms with van der Waals surface area (Å²) in [5.74, 6) is 0. The monoisotopic (exact) mass is 203 g/mol. The largest absolute Gasteiger partial charge is 0.326 e. The molecule has 0 aliphatic rings. The first kappa shape index (κ1) is 9.44. The molecule has 0 amide bonds.